The molecular weight excluding hydrogens is 264 g/mol. The molecule has 0 amide bonds. The number of carbonyl (C=O) groups excluding carboxylic acids is 1. The number of nitrogens with zero attached hydrogens (tertiary/aromatic N) is 1. The number of methoxy groups -OCH3 is 1. The highest BCUT2D eigenvalue weighted by Gasteiger charge is 2.34. The zero-order valence-electron chi connectivity index (χ0n) is 12.8. The third kappa shape index (κ3) is 2.56. The largest absolute Gasteiger partial charge is 0.468 e. The Morgan fingerprint density at radius 1 is 1.43 bits per heavy atom. The second kappa shape index (κ2) is 5.53. The lowest BCUT2D eigenvalue weighted by Gasteiger charge is -2.34. The number of benzene rings is 1. The van der Waals surface area contributed by atoms with Crippen LogP contribution >= 0.6 is 0 Å². The summed E-state index contributed by atoms with van der Waals surface area (Å²) in [6.45, 7) is 6.03. The van der Waals surface area contributed by atoms with Gasteiger partial charge in [0.25, 0.3) is 0 Å². The minimum Gasteiger partial charge on any atom is -0.468 e. The fraction of sp³-hybridized carbons (Fsp3) is 0.471. The van der Waals surface area contributed by atoms with Crippen LogP contribution in [0, 0.1) is 5.92 Å². The van der Waals surface area contributed by atoms with Crippen LogP contribution in [0.15, 0.2) is 24.3 Å². The predicted octanol–water partition coefficient (Wildman–Crippen LogP) is 2.72. The molecule has 1 aromatic heterocycles. The average molecular weight is 286 g/mol. The van der Waals surface area contributed by atoms with Gasteiger partial charge in [-0.3, -0.25) is 9.69 Å². The van der Waals surface area contributed by atoms with Crippen molar-refractivity contribution in [2.45, 2.75) is 32.9 Å². The maximum absolute atomic E-state index is 12.2. The monoisotopic (exact) mass is 286 g/mol. The van der Waals surface area contributed by atoms with Crippen molar-refractivity contribution in [2.24, 2.45) is 5.92 Å². The molecule has 1 aliphatic rings. The number of aromatic nitrogens is 1. The number of aromatic amines is 1. The number of hydrogen-bond acceptors (Lipinski definition) is 3. The third-order valence-electron chi connectivity index (χ3n) is 4.17. The number of H-pyrrole nitrogens is 1. The fourth-order valence-corrected chi connectivity index (χ4v) is 3.29. The van der Waals surface area contributed by atoms with Crippen LogP contribution in [0.25, 0.3) is 10.9 Å². The van der Waals surface area contributed by atoms with Crippen molar-refractivity contribution in [1.29, 1.82) is 0 Å². The minimum absolute atomic E-state index is 0.133. The van der Waals surface area contributed by atoms with Gasteiger partial charge in [-0.2, -0.15) is 0 Å². The summed E-state index contributed by atoms with van der Waals surface area (Å²) in [5.74, 6) is 0.384. The molecule has 4 heteroatoms. The summed E-state index contributed by atoms with van der Waals surface area (Å²) in [5.41, 5.74) is 3.65. The van der Waals surface area contributed by atoms with E-state index in [2.05, 4.69) is 35.9 Å². The standard InChI is InChI=1S/C17H22N2O2/c1-11(2)9-19-10-15-13(8-16(19)17(20)21-3)12-6-4-5-7-14(12)18-15/h4-7,11,16,18H,8-10H2,1-3H3/t16-/m1/s1. The smallest absolute Gasteiger partial charge is 0.323 e. The molecule has 0 saturated heterocycles. The van der Waals surface area contributed by atoms with E-state index in [9.17, 15) is 4.79 Å². The van der Waals surface area contributed by atoms with E-state index in [-0.39, 0.29) is 12.0 Å². The lowest BCUT2D eigenvalue weighted by Crippen LogP contribution is -2.47. The first kappa shape index (κ1) is 14.1. The van der Waals surface area contributed by atoms with Crippen LogP contribution in [0.4, 0.5) is 0 Å². The van der Waals surface area contributed by atoms with E-state index in [1.54, 1.807) is 0 Å². The summed E-state index contributed by atoms with van der Waals surface area (Å²) in [5, 5.41) is 1.23. The molecule has 1 atom stereocenters. The first-order valence-corrected chi connectivity index (χ1v) is 7.50. The zero-order chi connectivity index (χ0) is 15.0. The maximum Gasteiger partial charge on any atom is 0.323 e. The number of fused-ring (bicyclic) bond motifs is 3. The number of ether oxygens (including phenoxy) is 1. The van der Waals surface area contributed by atoms with E-state index >= 15 is 0 Å². The molecular formula is C17H22N2O2. The molecule has 0 unspecified atom stereocenters. The van der Waals surface area contributed by atoms with E-state index in [1.165, 1.54) is 23.8 Å². The number of para-hydroxylation sites is 1. The van der Waals surface area contributed by atoms with Crippen molar-refractivity contribution < 1.29 is 9.53 Å². The van der Waals surface area contributed by atoms with Gasteiger partial charge in [0.15, 0.2) is 0 Å². The van der Waals surface area contributed by atoms with Crippen molar-refractivity contribution >= 4 is 16.9 Å². The van der Waals surface area contributed by atoms with Gasteiger partial charge < -0.3 is 9.72 Å². The van der Waals surface area contributed by atoms with Crippen molar-refractivity contribution in [1.82, 2.24) is 9.88 Å². The van der Waals surface area contributed by atoms with E-state index in [4.69, 9.17) is 4.74 Å². The van der Waals surface area contributed by atoms with Gasteiger partial charge in [-0.05, 0) is 17.5 Å². The molecule has 4 nitrogen and oxygen atoms in total. The van der Waals surface area contributed by atoms with Gasteiger partial charge in [-0.15, -0.1) is 0 Å². The highest BCUT2D eigenvalue weighted by atomic mass is 16.5. The fourth-order valence-electron chi connectivity index (χ4n) is 3.29. The Labute approximate surface area is 125 Å². The summed E-state index contributed by atoms with van der Waals surface area (Å²) in [6, 6.07) is 8.12. The van der Waals surface area contributed by atoms with Crippen LogP contribution in [0.2, 0.25) is 0 Å². The van der Waals surface area contributed by atoms with Crippen LogP contribution in [-0.2, 0) is 22.5 Å². The number of carbonyl (C=O) groups is 1. The molecule has 0 spiro atoms. The average Bonchev–Trinajstić information content (AvgIpc) is 2.82. The first-order chi connectivity index (χ1) is 10.1. The molecule has 3 rings (SSSR count). The van der Waals surface area contributed by atoms with Gasteiger partial charge in [0.1, 0.15) is 6.04 Å². The van der Waals surface area contributed by atoms with Crippen molar-refractivity contribution in [3.63, 3.8) is 0 Å². The summed E-state index contributed by atoms with van der Waals surface area (Å²) in [6.07, 6.45) is 0.721. The topological polar surface area (TPSA) is 45.3 Å². The maximum atomic E-state index is 12.2. The van der Waals surface area contributed by atoms with Gasteiger partial charge in [0.2, 0.25) is 0 Å². The third-order valence-corrected chi connectivity index (χ3v) is 4.17. The Morgan fingerprint density at radius 2 is 2.19 bits per heavy atom. The van der Waals surface area contributed by atoms with Crippen molar-refractivity contribution in [3.05, 3.63) is 35.5 Å². The van der Waals surface area contributed by atoms with Gasteiger partial charge in [0.05, 0.1) is 7.11 Å². The van der Waals surface area contributed by atoms with Crippen LogP contribution in [0.3, 0.4) is 0 Å². The molecule has 0 aliphatic carbocycles. The van der Waals surface area contributed by atoms with Gasteiger partial charge >= 0.3 is 5.97 Å². The molecule has 0 bridgehead atoms. The summed E-state index contributed by atoms with van der Waals surface area (Å²) >= 11 is 0. The summed E-state index contributed by atoms with van der Waals surface area (Å²) < 4.78 is 5.01. The van der Waals surface area contributed by atoms with Crippen LogP contribution in [-0.4, -0.2) is 35.5 Å². The normalized spacial score (nSPS) is 19.0. The molecule has 21 heavy (non-hydrogen) atoms. The molecule has 0 saturated carbocycles. The molecule has 0 fully saturated rings. The van der Waals surface area contributed by atoms with Crippen LogP contribution < -0.4 is 0 Å². The number of nitrogens with one attached hydrogen (secondary N) is 1. The molecule has 2 aromatic rings. The highest BCUT2D eigenvalue weighted by Crippen LogP contribution is 2.30. The molecule has 112 valence electrons. The number of hydrogen-bond donors (Lipinski definition) is 1. The number of esters is 1. The highest BCUT2D eigenvalue weighted by molar-refractivity contribution is 5.86. The second-order valence-corrected chi connectivity index (χ2v) is 6.19. The van der Waals surface area contributed by atoms with Gasteiger partial charge in [0, 0.05) is 36.1 Å². The van der Waals surface area contributed by atoms with Crippen molar-refractivity contribution in [3.8, 4) is 0 Å². The molecule has 0 radical (unpaired) electrons. The van der Waals surface area contributed by atoms with E-state index in [1.807, 2.05) is 12.1 Å². The number of rotatable bonds is 3. The van der Waals surface area contributed by atoms with Crippen LogP contribution in [0.1, 0.15) is 25.1 Å². The lowest BCUT2D eigenvalue weighted by molar-refractivity contribution is -0.147. The quantitative estimate of drug-likeness (QED) is 0.882. The Bertz CT molecular complexity index is 660. The SMILES string of the molecule is COC(=O)[C@H]1Cc2c([nH]c3ccccc23)CN1CC(C)C. The molecule has 1 N–H and O–H groups in total. The van der Waals surface area contributed by atoms with E-state index in [0.717, 1.165) is 25.0 Å². The predicted molar refractivity (Wildman–Crippen MR) is 83.1 cm³/mol. The minimum atomic E-state index is -0.177. The van der Waals surface area contributed by atoms with Gasteiger partial charge in [-0.25, -0.2) is 0 Å². The molecule has 2 heterocycles. The Balaban J connectivity index is 2.00. The Kier molecular flexibility index (Phi) is 3.72. The van der Waals surface area contributed by atoms with E-state index in [0.29, 0.717) is 5.92 Å². The Morgan fingerprint density at radius 3 is 2.90 bits per heavy atom. The second-order valence-electron chi connectivity index (χ2n) is 6.19. The van der Waals surface area contributed by atoms with Crippen molar-refractivity contribution in [2.75, 3.05) is 13.7 Å². The zero-order valence-corrected chi connectivity index (χ0v) is 12.8. The summed E-state index contributed by atoms with van der Waals surface area (Å²) in [4.78, 5) is 17.9. The molecule has 1 aliphatic heterocycles. The van der Waals surface area contributed by atoms with Gasteiger partial charge in [-0.1, -0.05) is 32.0 Å². The summed E-state index contributed by atoms with van der Waals surface area (Å²) in [7, 11) is 1.47. The van der Waals surface area contributed by atoms with Crippen LogP contribution in [0.5, 0.6) is 0 Å². The first-order valence-electron chi connectivity index (χ1n) is 7.50. The molecule has 1 aromatic carbocycles. The van der Waals surface area contributed by atoms with E-state index < -0.39 is 0 Å². The lowest BCUT2D eigenvalue weighted by atomic mass is 9.95. The Hall–Kier alpha value is -1.81.